The Labute approximate surface area is 67.7 Å². The Morgan fingerprint density at radius 2 is 2.30 bits per heavy atom. The summed E-state index contributed by atoms with van der Waals surface area (Å²) in [5, 5.41) is 9.30. The Bertz CT molecular complexity index is 180. The van der Waals surface area contributed by atoms with Gasteiger partial charge >= 0.3 is 0 Å². The molecule has 0 unspecified atom stereocenters. The van der Waals surface area contributed by atoms with Crippen molar-refractivity contribution in [2.24, 2.45) is 11.8 Å². The highest BCUT2D eigenvalue weighted by molar-refractivity contribution is 9.09. The van der Waals surface area contributed by atoms with Gasteiger partial charge in [0, 0.05) is 17.2 Å². The summed E-state index contributed by atoms with van der Waals surface area (Å²) in [5.41, 5.74) is 0. The maximum absolute atomic E-state index is 10.9. The number of aliphatic hydroxyl groups excluding tert-OH is 1. The first-order valence-electron chi connectivity index (χ1n) is 3.55. The van der Waals surface area contributed by atoms with Gasteiger partial charge in [-0.2, -0.15) is 0 Å². The minimum Gasteiger partial charge on any atom is -0.392 e. The number of fused-ring (bicyclic) bond motifs is 1. The Morgan fingerprint density at radius 1 is 1.60 bits per heavy atom. The summed E-state index contributed by atoms with van der Waals surface area (Å²) < 4.78 is 0. The molecule has 1 N–H and O–H groups in total. The number of aliphatic hydroxyl groups is 1. The second-order valence-corrected chi connectivity index (χ2v) is 4.25. The van der Waals surface area contributed by atoms with E-state index in [0.717, 1.165) is 0 Å². The predicted molar refractivity (Wildman–Crippen MR) is 39.9 cm³/mol. The molecule has 0 bridgehead atoms. The van der Waals surface area contributed by atoms with Crippen molar-refractivity contribution in [1.82, 2.24) is 0 Å². The maximum atomic E-state index is 10.9. The molecule has 0 aliphatic heterocycles. The van der Waals surface area contributed by atoms with Crippen molar-refractivity contribution in [2.75, 3.05) is 0 Å². The van der Waals surface area contributed by atoms with Gasteiger partial charge in [0.05, 0.1) is 6.10 Å². The summed E-state index contributed by atoms with van der Waals surface area (Å²) in [5.74, 6) is 0.952. The molecule has 0 aromatic heterocycles. The molecular formula is C7H9BrO2. The van der Waals surface area contributed by atoms with Gasteiger partial charge in [0.15, 0.2) is 0 Å². The summed E-state index contributed by atoms with van der Waals surface area (Å²) in [6.07, 6.45) is 1.07. The van der Waals surface area contributed by atoms with Crippen LogP contribution in [0, 0.1) is 11.8 Å². The van der Waals surface area contributed by atoms with E-state index in [1.165, 1.54) is 0 Å². The minimum absolute atomic E-state index is 0.176. The number of Topliss-reactive ketones (excluding diaryl/α,β-unsaturated/α-hetero) is 1. The SMILES string of the molecule is O=C1C[C@@H]2[C@@H](Br)[C@H](O)C[C@H]12. The van der Waals surface area contributed by atoms with Crippen LogP contribution in [0.25, 0.3) is 0 Å². The van der Waals surface area contributed by atoms with Crippen LogP contribution in [-0.4, -0.2) is 21.8 Å². The van der Waals surface area contributed by atoms with Gasteiger partial charge in [0.2, 0.25) is 0 Å². The van der Waals surface area contributed by atoms with Crippen LogP contribution >= 0.6 is 15.9 Å². The van der Waals surface area contributed by atoms with Gasteiger partial charge in [-0.3, -0.25) is 4.79 Å². The molecule has 4 atom stereocenters. The van der Waals surface area contributed by atoms with Gasteiger partial charge in [0.25, 0.3) is 0 Å². The fourth-order valence-electron chi connectivity index (χ4n) is 1.92. The zero-order valence-corrected chi connectivity index (χ0v) is 7.04. The molecule has 0 saturated heterocycles. The topological polar surface area (TPSA) is 37.3 Å². The summed E-state index contributed by atoms with van der Waals surface area (Å²) in [7, 11) is 0. The first-order chi connectivity index (χ1) is 4.70. The molecule has 2 rings (SSSR count). The van der Waals surface area contributed by atoms with Crippen molar-refractivity contribution >= 4 is 21.7 Å². The molecule has 2 aliphatic carbocycles. The van der Waals surface area contributed by atoms with E-state index < -0.39 is 0 Å². The van der Waals surface area contributed by atoms with Gasteiger partial charge in [0.1, 0.15) is 5.78 Å². The standard InChI is InChI=1S/C7H9BrO2/c8-7-4-2-5(9)3(4)1-6(7)10/h3-4,6-7,10H,1-2H2/t3-,4-,6+,7+/m0/s1. The Morgan fingerprint density at radius 3 is 2.70 bits per heavy atom. The van der Waals surface area contributed by atoms with Crippen LogP contribution < -0.4 is 0 Å². The highest BCUT2D eigenvalue weighted by atomic mass is 79.9. The number of halogens is 1. The van der Waals surface area contributed by atoms with Gasteiger partial charge < -0.3 is 5.11 Å². The summed E-state index contributed by atoms with van der Waals surface area (Å²) in [6.45, 7) is 0. The lowest BCUT2D eigenvalue weighted by molar-refractivity contribution is -0.132. The van der Waals surface area contributed by atoms with Crippen LogP contribution in [0.5, 0.6) is 0 Å². The fraction of sp³-hybridized carbons (Fsp3) is 0.857. The number of carbonyl (C=O) groups is 1. The smallest absolute Gasteiger partial charge is 0.136 e. The molecule has 0 radical (unpaired) electrons. The van der Waals surface area contributed by atoms with Crippen molar-refractivity contribution in [3.8, 4) is 0 Å². The number of hydrogen-bond donors (Lipinski definition) is 1. The number of alkyl halides is 1. The van der Waals surface area contributed by atoms with Crippen LogP contribution in [0.3, 0.4) is 0 Å². The Balaban J connectivity index is 2.13. The molecule has 2 nitrogen and oxygen atoms in total. The molecule has 0 spiro atoms. The molecule has 10 heavy (non-hydrogen) atoms. The molecule has 0 aromatic rings. The molecule has 0 heterocycles. The van der Waals surface area contributed by atoms with Crippen molar-refractivity contribution in [3.63, 3.8) is 0 Å². The molecule has 0 amide bonds. The second-order valence-electron chi connectivity index (χ2n) is 3.19. The van der Waals surface area contributed by atoms with E-state index in [4.69, 9.17) is 0 Å². The fourth-order valence-corrected chi connectivity index (χ4v) is 2.69. The van der Waals surface area contributed by atoms with E-state index >= 15 is 0 Å². The van der Waals surface area contributed by atoms with Gasteiger partial charge in [-0.15, -0.1) is 0 Å². The van der Waals surface area contributed by atoms with Crippen LogP contribution in [-0.2, 0) is 4.79 Å². The third kappa shape index (κ3) is 0.705. The number of rotatable bonds is 0. The van der Waals surface area contributed by atoms with Crippen LogP contribution in [0.15, 0.2) is 0 Å². The molecule has 2 aliphatic rings. The second kappa shape index (κ2) is 2.05. The van der Waals surface area contributed by atoms with E-state index in [-0.39, 0.29) is 16.8 Å². The zero-order chi connectivity index (χ0) is 7.30. The van der Waals surface area contributed by atoms with Crippen LogP contribution in [0.4, 0.5) is 0 Å². The Kier molecular flexibility index (Phi) is 1.39. The van der Waals surface area contributed by atoms with Crippen molar-refractivity contribution in [2.45, 2.75) is 23.8 Å². The molecule has 56 valence electrons. The average Bonchev–Trinajstić information content (AvgIpc) is 2.12. The maximum Gasteiger partial charge on any atom is 0.136 e. The zero-order valence-electron chi connectivity index (χ0n) is 5.46. The Hall–Kier alpha value is 0.110. The van der Waals surface area contributed by atoms with Gasteiger partial charge in [-0.05, 0) is 12.3 Å². The lowest BCUT2D eigenvalue weighted by atomic mass is 9.75. The molecule has 3 heteroatoms. The monoisotopic (exact) mass is 204 g/mol. The molecule has 2 saturated carbocycles. The van der Waals surface area contributed by atoms with E-state index in [1.54, 1.807) is 0 Å². The van der Waals surface area contributed by atoms with Crippen molar-refractivity contribution < 1.29 is 9.90 Å². The highest BCUT2D eigenvalue weighted by Crippen LogP contribution is 2.47. The predicted octanol–water partition coefficient (Wildman–Crippen LogP) is 0.720. The average molecular weight is 205 g/mol. The lowest BCUT2D eigenvalue weighted by Crippen LogP contribution is -2.36. The van der Waals surface area contributed by atoms with Gasteiger partial charge in [-0.25, -0.2) is 0 Å². The lowest BCUT2D eigenvalue weighted by Gasteiger charge is -2.29. The van der Waals surface area contributed by atoms with E-state index in [0.29, 0.717) is 24.5 Å². The number of carbonyl (C=O) groups excluding carboxylic acids is 1. The van der Waals surface area contributed by atoms with Crippen LogP contribution in [0.2, 0.25) is 0 Å². The normalized spacial score (nSPS) is 52.4. The summed E-state index contributed by atoms with van der Waals surface area (Å²) in [6, 6.07) is 0. The van der Waals surface area contributed by atoms with E-state index in [9.17, 15) is 9.90 Å². The molecule has 2 fully saturated rings. The van der Waals surface area contributed by atoms with Crippen molar-refractivity contribution in [1.29, 1.82) is 0 Å². The first kappa shape index (κ1) is 6.80. The van der Waals surface area contributed by atoms with Gasteiger partial charge in [-0.1, -0.05) is 15.9 Å². The first-order valence-corrected chi connectivity index (χ1v) is 4.46. The van der Waals surface area contributed by atoms with E-state index in [1.807, 2.05) is 0 Å². The summed E-state index contributed by atoms with van der Waals surface area (Å²) in [4.78, 5) is 11.0. The minimum atomic E-state index is -0.290. The molecular weight excluding hydrogens is 196 g/mol. The third-order valence-electron chi connectivity index (χ3n) is 2.64. The van der Waals surface area contributed by atoms with E-state index in [2.05, 4.69) is 15.9 Å². The number of ketones is 1. The number of hydrogen-bond acceptors (Lipinski definition) is 2. The molecule has 0 aromatic carbocycles. The summed E-state index contributed by atoms with van der Waals surface area (Å²) >= 11 is 3.39. The van der Waals surface area contributed by atoms with Crippen molar-refractivity contribution in [3.05, 3.63) is 0 Å². The third-order valence-corrected chi connectivity index (χ3v) is 3.93. The largest absolute Gasteiger partial charge is 0.392 e. The highest BCUT2D eigenvalue weighted by Gasteiger charge is 2.51. The quantitative estimate of drug-likeness (QED) is 0.591. The van der Waals surface area contributed by atoms with Crippen LogP contribution in [0.1, 0.15) is 12.8 Å².